The summed E-state index contributed by atoms with van der Waals surface area (Å²) in [6.07, 6.45) is 1.05. The van der Waals surface area contributed by atoms with Gasteiger partial charge in [-0.05, 0) is 30.9 Å². The van der Waals surface area contributed by atoms with Crippen molar-refractivity contribution >= 4 is 0 Å². The lowest BCUT2D eigenvalue weighted by Gasteiger charge is -2.28. The van der Waals surface area contributed by atoms with Gasteiger partial charge < -0.3 is 10.2 Å². The maximum atomic E-state index is 6.10. The highest BCUT2D eigenvalue weighted by molar-refractivity contribution is 5.11. The second-order valence-corrected chi connectivity index (χ2v) is 4.27. The van der Waals surface area contributed by atoms with Gasteiger partial charge in [0.2, 0.25) is 0 Å². The Hall–Kier alpha value is -0.760. The molecule has 0 saturated carbocycles. The van der Waals surface area contributed by atoms with Crippen LogP contribution in [-0.2, 0) is 0 Å². The van der Waals surface area contributed by atoms with Crippen molar-refractivity contribution < 1.29 is 4.42 Å². The lowest BCUT2D eigenvalue weighted by Crippen LogP contribution is -2.28. The van der Waals surface area contributed by atoms with Gasteiger partial charge in [-0.2, -0.15) is 0 Å². The van der Waals surface area contributed by atoms with Gasteiger partial charge in [0.05, 0.1) is 6.04 Å². The fourth-order valence-electron chi connectivity index (χ4n) is 1.23. The van der Waals surface area contributed by atoms with E-state index in [0.29, 0.717) is 0 Å². The molecule has 2 N–H and O–H groups in total. The molecule has 0 aliphatic rings. The molecule has 74 valence electrons. The van der Waals surface area contributed by atoms with Crippen LogP contribution in [0.4, 0.5) is 0 Å². The highest BCUT2D eigenvalue weighted by atomic mass is 16.3. The third kappa shape index (κ3) is 2.13. The summed E-state index contributed by atoms with van der Waals surface area (Å²) in [6.45, 7) is 8.41. The summed E-state index contributed by atoms with van der Waals surface area (Å²) in [7, 11) is 0. The first-order valence-corrected chi connectivity index (χ1v) is 4.79. The molecule has 2 nitrogen and oxygen atoms in total. The average Bonchev–Trinajstić information content (AvgIpc) is 2.50. The molecule has 0 bridgehead atoms. The minimum Gasteiger partial charge on any atom is -0.465 e. The molecule has 0 amide bonds. The monoisotopic (exact) mass is 181 g/mol. The first kappa shape index (κ1) is 10.3. The van der Waals surface area contributed by atoms with Crippen LogP contribution in [-0.4, -0.2) is 0 Å². The molecular weight excluding hydrogens is 162 g/mol. The van der Waals surface area contributed by atoms with Crippen LogP contribution in [0.25, 0.3) is 0 Å². The van der Waals surface area contributed by atoms with E-state index < -0.39 is 0 Å². The van der Waals surface area contributed by atoms with E-state index in [1.807, 2.05) is 19.1 Å². The van der Waals surface area contributed by atoms with Crippen molar-refractivity contribution in [3.8, 4) is 0 Å². The summed E-state index contributed by atoms with van der Waals surface area (Å²) in [5.74, 6) is 1.82. The van der Waals surface area contributed by atoms with Gasteiger partial charge in [0.15, 0.2) is 0 Å². The van der Waals surface area contributed by atoms with Gasteiger partial charge in [-0.15, -0.1) is 0 Å². The van der Waals surface area contributed by atoms with E-state index in [1.165, 1.54) is 0 Å². The molecule has 13 heavy (non-hydrogen) atoms. The fourth-order valence-corrected chi connectivity index (χ4v) is 1.23. The molecule has 1 heterocycles. The minimum atomic E-state index is -0.00815. The van der Waals surface area contributed by atoms with Gasteiger partial charge in [0.1, 0.15) is 11.5 Å². The van der Waals surface area contributed by atoms with Gasteiger partial charge >= 0.3 is 0 Å². The van der Waals surface area contributed by atoms with E-state index in [4.69, 9.17) is 10.2 Å². The Morgan fingerprint density at radius 1 is 1.46 bits per heavy atom. The molecule has 2 heteroatoms. The van der Waals surface area contributed by atoms with Crippen LogP contribution in [0.2, 0.25) is 0 Å². The van der Waals surface area contributed by atoms with Gasteiger partial charge in [0.25, 0.3) is 0 Å². The molecule has 0 radical (unpaired) electrons. The topological polar surface area (TPSA) is 39.2 Å². The highest BCUT2D eigenvalue weighted by Gasteiger charge is 2.27. The molecule has 1 aromatic rings. The van der Waals surface area contributed by atoms with Crippen LogP contribution in [0, 0.1) is 12.3 Å². The molecule has 0 aromatic carbocycles. The Morgan fingerprint density at radius 3 is 2.46 bits per heavy atom. The van der Waals surface area contributed by atoms with Crippen LogP contribution in [0.5, 0.6) is 0 Å². The van der Waals surface area contributed by atoms with Crippen molar-refractivity contribution in [2.24, 2.45) is 11.1 Å². The van der Waals surface area contributed by atoms with E-state index in [1.54, 1.807) is 0 Å². The Bertz CT molecular complexity index is 275. The van der Waals surface area contributed by atoms with E-state index in [9.17, 15) is 0 Å². The molecular formula is C11H19NO. The second kappa shape index (κ2) is 3.54. The Kier molecular flexibility index (Phi) is 2.81. The maximum absolute atomic E-state index is 6.10. The van der Waals surface area contributed by atoms with Crippen molar-refractivity contribution in [2.75, 3.05) is 0 Å². The number of aryl methyl sites for hydroxylation is 1. The van der Waals surface area contributed by atoms with E-state index >= 15 is 0 Å². The zero-order valence-electron chi connectivity index (χ0n) is 8.92. The summed E-state index contributed by atoms with van der Waals surface area (Å²) < 4.78 is 5.51. The van der Waals surface area contributed by atoms with Crippen LogP contribution in [0.1, 0.15) is 44.8 Å². The van der Waals surface area contributed by atoms with Crippen molar-refractivity contribution in [2.45, 2.75) is 40.2 Å². The number of furan rings is 1. The summed E-state index contributed by atoms with van der Waals surface area (Å²) >= 11 is 0. The third-order valence-corrected chi connectivity index (χ3v) is 2.82. The zero-order valence-corrected chi connectivity index (χ0v) is 8.92. The van der Waals surface area contributed by atoms with Crippen LogP contribution in [0.3, 0.4) is 0 Å². The van der Waals surface area contributed by atoms with Crippen molar-refractivity contribution in [1.82, 2.24) is 0 Å². The third-order valence-electron chi connectivity index (χ3n) is 2.82. The Balaban J connectivity index is 2.84. The molecule has 1 atom stereocenters. The first-order valence-electron chi connectivity index (χ1n) is 4.79. The van der Waals surface area contributed by atoms with Crippen molar-refractivity contribution in [3.05, 3.63) is 23.7 Å². The van der Waals surface area contributed by atoms with Gasteiger partial charge in [-0.25, -0.2) is 0 Å². The van der Waals surface area contributed by atoms with Crippen LogP contribution < -0.4 is 5.73 Å². The predicted octanol–water partition coefficient (Wildman–Crippen LogP) is 3.02. The Labute approximate surface area is 80.1 Å². The van der Waals surface area contributed by atoms with E-state index in [-0.39, 0.29) is 11.5 Å². The normalized spacial score (nSPS) is 14.5. The fraction of sp³-hybridized carbons (Fsp3) is 0.636. The summed E-state index contributed by atoms with van der Waals surface area (Å²) in [6, 6.07) is 3.92. The predicted molar refractivity (Wildman–Crippen MR) is 54.4 cm³/mol. The molecule has 1 aromatic heterocycles. The lowest BCUT2D eigenvalue weighted by atomic mass is 9.81. The van der Waals surface area contributed by atoms with Gasteiger partial charge in [0, 0.05) is 0 Å². The summed E-state index contributed by atoms with van der Waals surface area (Å²) in [5.41, 5.74) is 6.20. The summed E-state index contributed by atoms with van der Waals surface area (Å²) in [5, 5.41) is 0. The van der Waals surface area contributed by atoms with E-state index in [2.05, 4.69) is 20.8 Å². The van der Waals surface area contributed by atoms with Gasteiger partial charge in [-0.3, -0.25) is 0 Å². The molecule has 0 aliphatic heterocycles. The minimum absolute atomic E-state index is 0.00815. The SMILES string of the molecule is CCC(C)(C)[C@@H](N)c1ccc(C)o1. The van der Waals surface area contributed by atoms with Crippen LogP contribution >= 0.6 is 0 Å². The highest BCUT2D eigenvalue weighted by Crippen LogP contribution is 2.34. The first-order chi connectivity index (χ1) is 5.97. The molecule has 0 unspecified atom stereocenters. The largest absolute Gasteiger partial charge is 0.465 e. The molecule has 0 spiro atoms. The number of hydrogen-bond acceptors (Lipinski definition) is 2. The second-order valence-electron chi connectivity index (χ2n) is 4.27. The summed E-state index contributed by atoms with van der Waals surface area (Å²) in [4.78, 5) is 0. The number of hydrogen-bond donors (Lipinski definition) is 1. The molecule has 0 fully saturated rings. The van der Waals surface area contributed by atoms with E-state index in [0.717, 1.165) is 17.9 Å². The quantitative estimate of drug-likeness (QED) is 0.778. The molecule has 0 saturated heterocycles. The Morgan fingerprint density at radius 2 is 2.08 bits per heavy atom. The van der Waals surface area contributed by atoms with Crippen molar-refractivity contribution in [1.29, 1.82) is 0 Å². The number of nitrogens with two attached hydrogens (primary N) is 1. The molecule has 0 aliphatic carbocycles. The van der Waals surface area contributed by atoms with Crippen LogP contribution in [0.15, 0.2) is 16.5 Å². The van der Waals surface area contributed by atoms with Crippen molar-refractivity contribution in [3.63, 3.8) is 0 Å². The standard InChI is InChI=1S/C11H19NO/c1-5-11(3,4)10(12)9-7-6-8(2)13-9/h6-7,10H,5,12H2,1-4H3/t10-/m0/s1. The average molecular weight is 181 g/mol. The maximum Gasteiger partial charge on any atom is 0.121 e. The smallest absolute Gasteiger partial charge is 0.121 e. The zero-order chi connectivity index (χ0) is 10.1. The number of rotatable bonds is 3. The lowest BCUT2D eigenvalue weighted by molar-refractivity contribution is 0.245. The molecule has 1 rings (SSSR count). The van der Waals surface area contributed by atoms with Gasteiger partial charge in [-0.1, -0.05) is 20.8 Å².